The minimum atomic E-state index is -0.599. The molecule has 88 valence electrons. The fourth-order valence-corrected chi connectivity index (χ4v) is 1.91. The second kappa shape index (κ2) is 4.78. The zero-order valence-corrected chi connectivity index (χ0v) is 9.17. The predicted molar refractivity (Wildman–Crippen MR) is 57.5 cm³/mol. The van der Waals surface area contributed by atoms with Crippen molar-refractivity contribution in [1.82, 2.24) is 5.32 Å². The summed E-state index contributed by atoms with van der Waals surface area (Å²) in [7, 11) is 0. The third-order valence-electron chi connectivity index (χ3n) is 2.73. The van der Waals surface area contributed by atoms with E-state index in [-0.39, 0.29) is 11.9 Å². The fraction of sp³-hybridized carbons (Fsp3) is 0.500. The van der Waals surface area contributed by atoms with Crippen LogP contribution in [0.4, 0.5) is 8.78 Å². The summed E-state index contributed by atoms with van der Waals surface area (Å²) in [6.07, 6.45) is 1.86. The third kappa shape index (κ3) is 2.70. The molecule has 0 spiro atoms. The first-order chi connectivity index (χ1) is 7.67. The van der Waals surface area contributed by atoms with Crippen molar-refractivity contribution < 1.29 is 13.5 Å². The smallest absolute Gasteiger partial charge is 0.129 e. The molecule has 0 aliphatic heterocycles. The lowest BCUT2D eigenvalue weighted by molar-refractivity contribution is 0.0853. The first-order valence-corrected chi connectivity index (χ1v) is 5.53. The number of halogens is 2. The highest BCUT2D eigenvalue weighted by atomic mass is 19.1. The summed E-state index contributed by atoms with van der Waals surface area (Å²) in [5.74, 6) is -0.924. The second-order valence-corrected chi connectivity index (χ2v) is 4.07. The van der Waals surface area contributed by atoms with Gasteiger partial charge in [-0.05, 0) is 19.4 Å². The van der Waals surface area contributed by atoms with E-state index < -0.39 is 11.6 Å². The summed E-state index contributed by atoms with van der Waals surface area (Å²) in [4.78, 5) is 0. The van der Waals surface area contributed by atoms with E-state index in [4.69, 9.17) is 4.74 Å². The van der Waals surface area contributed by atoms with E-state index in [1.807, 2.05) is 0 Å². The molecule has 1 aliphatic rings. The number of nitrogens with one attached hydrogen (secondary N) is 1. The molecule has 0 radical (unpaired) electrons. The maximum atomic E-state index is 12.9. The Morgan fingerprint density at radius 3 is 2.44 bits per heavy atom. The average molecular weight is 227 g/mol. The highest BCUT2D eigenvalue weighted by Crippen LogP contribution is 2.26. The molecule has 2 nitrogen and oxygen atoms in total. The monoisotopic (exact) mass is 227 g/mol. The van der Waals surface area contributed by atoms with Crippen molar-refractivity contribution in [3.05, 3.63) is 29.8 Å². The minimum Gasteiger partial charge on any atom is -0.490 e. The van der Waals surface area contributed by atoms with Crippen molar-refractivity contribution in [2.24, 2.45) is 0 Å². The number of benzene rings is 1. The Morgan fingerprint density at radius 2 is 1.88 bits per heavy atom. The zero-order chi connectivity index (χ0) is 11.5. The molecule has 0 heterocycles. The second-order valence-electron chi connectivity index (χ2n) is 4.07. The van der Waals surface area contributed by atoms with Gasteiger partial charge in [0.05, 0.1) is 0 Å². The van der Waals surface area contributed by atoms with Gasteiger partial charge >= 0.3 is 0 Å². The average Bonchev–Trinajstić information content (AvgIpc) is 2.13. The summed E-state index contributed by atoms with van der Waals surface area (Å²) in [6, 6.07) is 3.75. The van der Waals surface area contributed by atoms with Crippen LogP contribution in [0.5, 0.6) is 5.75 Å². The molecule has 0 unspecified atom stereocenters. The maximum absolute atomic E-state index is 12.9. The van der Waals surface area contributed by atoms with Crippen molar-refractivity contribution in [3.8, 4) is 5.75 Å². The van der Waals surface area contributed by atoms with Gasteiger partial charge in [-0.1, -0.05) is 6.92 Å². The number of ether oxygens (including phenoxy) is 1. The van der Waals surface area contributed by atoms with Gasteiger partial charge in [0.15, 0.2) is 0 Å². The lowest BCUT2D eigenvalue weighted by Crippen LogP contribution is -2.46. The molecule has 0 amide bonds. The largest absolute Gasteiger partial charge is 0.490 e. The van der Waals surface area contributed by atoms with Gasteiger partial charge in [-0.25, -0.2) is 8.78 Å². The van der Waals surface area contributed by atoms with Gasteiger partial charge in [-0.15, -0.1) is 0 Å². The molecular formula is C12H15F2NO. The van der Waals surface area contributed by atoms with Crippen LogP contribution in [-0.2, 0) is 0 Å². The van der Waals surface area contributed by atoms with Crippen LogP contribution in [0.2, 0.25) is 0 Å². The van der Waals surface area contributed by atoms with Gasteiger partial charge in [-0.2, -0.15) is 0 Å². The van der Waals surface area contributed by atoms with Crippen molar-refractivity contribution in [3.63, 3.8) is 0 Å². The van der Waals surface area contributed by atoms with Crippen LogP contribution >= 0.6 is 0 Å². The van der Waals surface area contributed by atoms with Gasteiger partial charge in [0.2, 0.25) is 0 Å². The standard InChI is InChI=1S/C12H15F2NO/c1-2-15-10-6-12(7-10)16-11-4-8(13)3-9(14)5-11/h3-5,10,12,15H,2,6-7H2,1H3. The van der Waals surface area contributed by atoms with Crippen molar-refractivity contribution >= 4 is 0 Å². The molecule has 0 bridgehead atoms. The Morgan fingerprint density at radius 1 is 1.25 bits per heavy atom. The van der Waals surface area contributed by atoms with Crippen molar-refractivity contribution in [1.29, 1.82) is 0 Å². The van der Waals surface area contributed by atoms with Crippen LogP contribution < -0.4 is 10.1 Å². The third-order valence-corrected chi connectivity index (χ3v) is 2.73. The number of rotatable bonds is 4. The van der Waals surface area contributed by atoms with Gasteiger partial charge in [0, 0.05) is 24.2 Å². The molecule has 1 fully saturated rings. The molecule has 1 aromatic carbocycles. The Labute approximate surface area is 93.6 Å². The first kappa shape index (κ1) is 11.3. The topological polar surface area (TPSA) is 21.3 Å². The summed E-state index contributed by atoms with van der Waals surface area (Å²) < 4.78 is 31.2. The highest BCUT2D eigenvalue weighted by Gasteiger charge is 2.30. The van der Waals surface area contributed by atoms with Crippen molar-refractivity contribution in [2.45, 2.75) is 31.9 Å². The first-order valence-electron chi connectivity index (χ1n) is 5.53. The molecule has 4 heteroatoms. The predicted octanol–water partition coefficient (Wildman–Crippen LogP) is 2.48. The van der Waals surface area contributed by atoms with E-state index in [0.29, 0.717) is 6.04 Å². The van der Waals surface area contributed by atoms with Crippen molar-refractivity contribution in [2.75, 3.05) is 6.54 Å². The normalized spacial score (nSPS) is 23.9. The molecule has 2 rings (SSSR count). The van der Waals surface area contributed by atoms with E-state index in [2.05, 4.69) is 12.2 Å². The minimum absolute atomic E-state index is 0.0743. The summed E-state index contributed by atoms with van der Waals surface area (Å²) in [6.45, 7) is 2.99. The van der Waals surface area contributed by atoms with Crippen LogP contribution in [-0.4, -0.2) is 18.7 Å². The van der Waals surface area contributed by atoms with Crippen LogP contribution in [0.15, 0.2) is 18.2 Å². The van der Waals surface area contributed by atoms with E-state index in [1.165, 1.54) is 12.1 Å². The molecule has 1 N–H and O–H groups in total. The van der Waals surface area contributed by atoms with Gasteiger partial charge in [-0.3, -0.25) is 0 Å². The highest BCUT2D eigenvalue weighted by molar-refractivity contribution is 5.24. The maximum Gasteiger partial charge on any atom is 0.129 e. The lowest BCUT2D eigenvalue weighted by Gasteiger charge is -2.35. The Hall–Kier alpha value is -1.16. The quantitative estimate of drug-likeness (QED) is 0.853. The van der Waals surface area contributed by atoms with Gasteiger partial charge in [0.1, 0.15) is 23.5 Å². The van der Waals surface area contributed by atoms with Gasteiger partial charge < -0.3 is 10.1 Å². The van der Waals surface area contributed by atoms with Gasteiger partial charge in [0.25, 0.3) is 0 Å². The van der Waals surface area contributed by atoms with E-state index >= 15 is 0 Å². The lowest BCUT2D eigenvalue weighted by atomic mass is 9.89. The Balaban J connectivity index is 1.86. The molecule has 16 heavy (non-hydrogen) atoms. The molecule has 1 aromatic rings. The summed E-state index contributed by atoms with van der Waals surface area (Å²) >= 11 is 0. The fourth-order valence-electron chi connectivity index (χ4n) is 1.91. The molecule has 0 saturated heterocycles. The van der Waals surface area contributed by atoms with E-state index in [1.54, 1.807) is 0 Å². The van der Waals surface area contributed by atoms with Crippen LogP contribution in [0.25, 0.3) is 0 Å². The number of hydrogen-bond acceptors (Lipinski definition) is 2. The molecular weight excluding hydrogens is 212 g/mol. The van der Waals surface area contributed by atoms with E-state index in [0.717, 1.165) is 25.5 Å². The SMILES string of the molecule is CCNC1CC(Oc2cc(F)cc(F)c2)C1. The van der Waals surface area contributed by atoms with Crippen LogP contribution in [0.3, 0.4) is 0 Å². The summed E-state index contributed by atoms with van der Waals surface area (Å²) in [5, 5.41) is 3.29. The molecule has 1 aliphatic carbocycles. The Bertz CT molecular complexity index is 344. The summed E-state index contributed by atoms with van der Waals surface area (Å²) in [5.41, 5.74) is 0. The van der Waals surface area contributed by atoms with Crippen LogP contribution in [0, 0.1) is 11.6 Å². The van der Waals surface area contributed by atoms with Crippen LogP contribution in [0.1, 0.15) is 19.8 Å². The van der Waals surface area contributed by atoms with E-state index in [9.17, 15) is 8.78 Å². The Kier molecular flexibility index (Phi) is 3.39. The molecule has 0 aromatic heterocycles. The number of hydrogen-bond donors (Lipinski definition) is 1. The molecule has 1 saturated carbocycles. The zero-order valence-electron chi connectivity index (χ0n) is 9.17. The molecule has 0 atom stereocenters.